The molecule has 3 nitrogen and oxygen atoms in total. The molecule has 0 aliphatic heterocycles. The number of anilines is 1. The Hall–Kier alpha value is -0.880. The summed E-state index contributed by atoms with van der Waals surface area (Å²) in [5.41, 5.74) is 1.23. The van der Waals surface area contributed by atoms with Crippen LogP contribution in [-0.4, -0.2) is 12.6 Å². The molecule has 112 valence electrons. The van der Waals surface area contributed by atoms with Gasteiger partial charge in [0, 0.05) is 11.9 Å². The fourth-order valence-electron chi connectivity index (χ4n) is 1.75. The standard InChI is InChI=1S/C14H13Cl2NO2S2/c15-14(16)20-17(13-9-5-2-6-10-13)21(18,19)11-12-7-3-1-4-8-12/h1-10,14H,11H2. The average molecular weight is 362 g/mol. The Morgan fingerprint density at radius 3 is 2.00 bits per heavy atom. The molecule has 7 heteroatoms. The molecule has 0 fully saturated rings. The second kappa shape index (κ2) is 7.40. The Balaban J connectivity index is 2.31. The van der Waals surface area contributed by atoms with Gasteiger partial charge in [0.25, 0.3) is 0 Å². The van der Waals surface area contributed by atoms with E-state index in [9.17, 15) is 8.42 Å². The summed E-state index contributed by atoms with van der Waals surface area (Å²) in [5, 5.41) is 0. The first-order valence-electron chi connectivity index (χ1n) is 6.06. The van der Waals surface area contributed by atoms with Crippen LogP contribution in [0.15, 0.2) is 60.7 Å². The van der Waals surface area contributed by atoms with Crippen molar-refractivity contribution in [2.45, 2.75) is 9.92 Å². The number of nitrogens with zero attached hydrogens (tertiary/aromatic N) is 1. The Labute approximate surface area is 139 Å². The molecule has 21 heavy (non-hydrogen) atoms. The molecule has 0 heterocycles. The number of hydrogen-bond donors (Lipinski definition) is 0. The summed E-state index contributed by atoms with van der Waals surface area (Å²) in [6.07, 6.45) is 0. The molecule has 2 aromatic carbocycles. The number of halogens is 2. The zero-order valence-electron chi connectivity index (χ0n) is 10.9. The van der Waals surface area contributed by atoms with E-state index in [4.69, 9.17) is 23.2 Å². The lowest BCUT2D eigenvalue weighted by atomic mass is 10.2. The van der Waals surface area contributed by atoms with Gasteiger partial charge in [-0.05, 0) is 17.7 Å². The minimum absolute atomic E-state index is 0.115. The average Bonchev–Trinajstić information content (AvgIpc) is 2.46. The van der Waals surface area contributed by atoms with Crippen LogP contribution >= 0.6 is 35.1 Å². The molecule has 0 aromatic heterocycles. The van der Waals surface area contributed by atoms with E-state index in [-0.39, 0.29) is 5.75 Å². The molecule has 0 saturated heterocycles. The van der Waals surface area contributed by atoms with Gasteiger partial charge in [-0.2, -0.15) is 0 Å². The molecule has 0 N–H and O–H groups in total. The quantitative estimate of drug-likeness (QED) is 0.563. The van der Waals surface area contributed by atoms with E-state index in [2.05, 4.69) is 0 Å². The van der Waals surface area contributed by atoms with E-state index in [1.807, 2.05) is 12.1 Å². The minimum atomic E-state index is -3.60. The van der Waals surface area contributed by atoms with Gasteiger partial charge in [0.05, 0.1) is 11.4 Å². The Morgan fingerprint density at radius 1 is 0.952 bits per heavy atom. The molecular weight excluding hydrogens is 349 g/mol. The number of hydrogen-bond acceptors (Lipinski definition) is 3. The van der Waals surface area contributed by atoms with Gasteiger partial charge < -0.3 is 0 Å². The second-order valence-corrected chi connectivity index (χ2v) is 8.88. The Bertz CT molecular complexity index is 664. The van der Waals surface area contributed by atoms with Crippen LogP contribution in [0.3, 0.4) is 0 Å². The van der Waals surface area contributed by atoms with Crippen molar-refractivity contribution >= 4 is 50.9 Å². The highest BCUT2D eigenvalue weighted by molar-refractivity contribution is 8.15. The SMILES string of the molecule is O=S(=O)(Cc1ccccc1)N(SC(Cl)Cl)c1ccccc1. The first-order valence-corrected chi connectivity index (χ1v) is 9.38. The minimum Gasteiger partial charge on any atom is -0.209 e. The van der Waals surface area contributed by atoms with Crippen molar-refractivity contribution in [1.29, 1.82) is 0 Å². The van der Waals surface area contributed by atoms with Crippen molar-refractivity contribution in [1.82, 2.24) is 0 Å². The number of rotatable bonds is 6. The maximum atomic E-state index is 12.6. The predicted octanol–water partition coefficient (Wildman–Crippen LogP) is 4.43. The van der Waals surface area contributed by atoms with Crippen molar-refractivity contribution in [3.05, 3.63) is 66.2 Å². The van der Waals surface area contributed by atoms with Crippen LogP contribution in [-0.2, 0) is 15.8 Å². The van der Waals surface area contributed by atoms with Crippen molar-refractivity contribution in [3.8, 4) is 0 Å². The normalized spacial score (nSPS) is 11.6. The highest BCUT2D eigenvalue weighted by Gasteiger charge is 2.26. The highest BCUT2D eigenvalue weighted by Crippen LogP contribution is 2.33. The summed E-state index contributed by atoms with van der Waals surface area (Å²) in [6.45, 7) is 0. The van der Waals surface area contributed by atoms with E-state index < -0.39 is 14.2 Å². The van der Waals surface area contributed by atoms with Crippen LogP contribution in [0.25, 0.3) is 0 Å². The van der Waals surface area contributed by atoms with Gasteiger partial charge in [0.2, 0.25) is 10.0 Å². The summed E-state index contributed by atoms with van der Waals surface area (Å²) in [5.74, 6) is -0.115. The molecule has 0 saturated carbocycles. The maximum absolute atomic E-state index is 12.6. The molecule has 0 bridgehead atoms. The molecule has 2 aromatic rings. The van der Waals surface area contributed by atoms with Gasteiger partial charge in [-0.3, -0.25) is 0 Å². The zero-order chi connectivity index (χ0) is 15.3. The van der Waals surface area contributed by atoms with E-state index in [1.165, 1.54) is 3.71 Å². The van der Waals surface area contributed by atoms with Crippen molar-refractivity contribution in [3.63, 3.8) is 0 Å². The van der Waals surface area contributed by atoms with Gasteiger partial charge in [-0.15, -0.1) is 0 Å². The maximum Gasteiger partial charge on any atom is 0.248 e. The van der Waals surface area contributed by atoms with Crippen molar-refractivity contribution in [2.75, 3.05) is 3.71 Å². The number of sulfonamides is 1. The first kappa shape index (κ1) is 16.5. The van der Waals surface area contributed by atoms with Gasteiger partial charge in [0.1, 0.15) is 0 Å². The summed E-state index contributed by atoms with van der Waals surface area (Å²) in [4.78, 5) is 0. The molecule has 0 unspecified atom stereocenters. The third-order valence-electron chi connectivity index (χ3n) is 2.59. The van der Waals surface area contributed by atoms with Gasteiger partial charge >= 0.3 is 0 Å². The second-order valence-electron chi connectivity index (χ2n) is 4.17. The van der Waals surface area contributed by atoms with Crippen LogP contribution in [0, 0.1) is 0 Å². The van der Waals surface area contributed by atoms with Crippen molar-refractivity contribution < 1.29 is 8.42 Å². The van der Waals surface area contributed by atoms with Gasteiger partial charge in [0.15, 0.2) is 4.17 Å². The largest absolute Gasteiger partial charge is 0.248 e. The van der Waals surface area contributed by atoms with E-state index >= 15 is 0 Å². The molecule has 2 rings (SSSR count). The van der Waals surface area contributed by atoms with Crippen LogP contribution in [0.4, 0.5) is 5.69 Å². The molecule has 0 aliphatic carbocycles. The summed E-state index contributed by atoms with van der Waals surface area (Å²) in [6, 6.07) is 17.7. The first-order chi connectivity index (χ1) is 9.99. The smallest absolute Gasteiger partial charge is 0.209 e. The molecule has 0 spiro atoms. The molecule has 0 amide bonds. The molecule has 0 aliphatic rings. The third-order valence-corrected chi connectivity index (χ3v) is 5.98. The van der Waals surface area contributed by atoms with Crippen LogP contribution in [0.2, 0.25) is 0 Å². The lowest BCUT2D eigenvalue weighted by Crippen LogP contribution is -2.26. The summed E-state index contributed by atoms with van der Waals surface area (Å²) < 4.78 is 25.5. The lowest BCUT2D eigenvalue weighted by molar-refractivity contribution is 0.597. The Kier molecular flexibility index (Phi) is 5.81. The molecule has 0 atom stereocenters. The fourth-order valence-corrected chi connectivity index (χ4v) is 5.02. The summed E-state index contributed by atoms with van der Waals surface area (Å²) >= 11 is 12.4. The van der Waals surface area contributed by atoms with Crippen LogP contribution < -0.4 is 3.71 Å². The highest BCUT2D eigenvalue weighted by atomic mass is 35.5. The van der Waals surface area contributed by atoms with E-state index in [0.29, 0.717) is 11.3 Å². The summed E-state index contributed by atoms with van der Waals surface area (Å²) in [7, 11) is -3.60. The predicted molar refractivity (Wildman–Crippen MR) is 91.1 cm³/mol. The Morgan fingerprint density at radius 2 is 1.48 bits per heavy atom. The van der Waals surface area contributed by atoms with E-state index in [0.717, 1.165) is 11.9 Å². The van der Waals surface area contributed by atoms with E-state index in [1.54, 1.807) is 48.5 Å². The third kappa shape index (κ3) is 4.81. The lowest BCUT2D eigenvalue weighted by Gasteiger charge is -2.23. The number of benzene rings is 2. The topological polar surface area (TPSA) is 37.4 Å². The van der Waals surface area contributed by atoms with Crippen LogP contribution in [0.1, 0.15) is 5.56 Å². The number of para-hydroxylation sites is 1. The monoisotopic (exact) mass is 361 g/mol. The molecular formula is C14H13Cl2NO2S2. The van der Waals surface area contributed by atoms with Gasteiger partial charge in [-0.25, -0.2) is 12.1 Å². The van der Waals surface area contributed by atoms with Gasteiger partial charge in [-0.1, -0.05) is 71.7 Å². The fraction of sp³-hybridized carbons (Fsp3) is 0.143. The molecule has 0 radical (unpaired) electrons. The van der Waals surface area contributed by atoms with Crippen LogP contribution in [0.5, 0.6) is 0 Å². The zero-order valence-corrected chi connectivity index (χ0v) is 14.0. The van der Waals surface area contributed by atoms with Crippen molar-refractivity contribution in [2.24, 2.45) is 0 Å². The number of alkyl halides is 2.